The van der Waals surface area contributed by atoms with Crippen molar-refractivity contribution >= 4 is 5.97 Å². The molecule has 7 nitrogen and oxygen atoms in total. The third-order valence-electron chi connectivity index (χ3n) is 2.90. The fourth-order valence-electron chi connectivity index (χ4n) is 1.94. The van der Waals surface area contributed by atoms with E-state index in [1.54, 1.807) is 11.6 Å². The van der Waals surface area contributed by atoms with E-state index >= 15 is 0 Å². The van der Waals surface area contributed by atoms with Crippen LogP contribution in [-0.4, -0.2) is 51.3 Å². The van der Waals surface area contributed by atoms with Crippen LogP contribution >= 0.6 is 0 Å². The molecule has 0 unspecified atom stereocenters. The van der Waals surface area contributed by atoms with Crippen molar-refractivity contribution in [2.75, 3.05) is 20.2 Å². The number of carbonyl (C=O) groups excluding carboxylic acids is 1. The van der Waals surface area contributed by atoms with Gasteiger partial charge in [0.2, 0.25) is 0 Å². The van der Waals surface area contributed by atoms with E-state index in [1.165, 1.54) is 0 Å². The van der Waals surface area contributed by atoms with Crippen LogP contribution in [0.25, 0.3) is 0 Å². The number of carbonyl (C=O) groups is 1. The van der Waals surface area contributed by atoms with Gasteiger partial charge in [-0.05, 0) is 30.0 Å². The molecule has 2 rings (SSSR count). The second-order valence-corrected chi connectivity index (χ2v) is 4.72. The Labute approximate surface area is 123 Å². The molecule has 1 aromatic carbocycles. The second-order valence-electron chi connectivity index (χ2n) is 4.72. The van der Waals surface area contributed by atoms with Crippen LogP contribution in [0.1, 0.15) is 18.3 Å². The zero-order valence-corrected chi connectivity index (χ0v) is 12.3. The van der Waals surface area contributed by atoms with Gasteiger partial charge in [0.25, 0.3) is 0 Å². The maximum Gasteiger partial charge on any atom is 0.320 e. The zero-order chi connectivity index (χ0) is 15.1. The minimum atomic E-state index is -0.248. The highest BCUT2D eigenvalue weighted by atomic mass is 16.5. The quantitative estimate of drug-likeness (QED) is 0.699. The molecule has 0 aliphatic heterocycles. The van der Waals surface area contributed by atoms with Crippen LogP contribution in [0.5, 0.6) is 0 Å². The van der Waals surface area contributed by atoms with Crippen molar-refractivity contribution in [3.05, 3.63) is 41.7 Å². The summed E-state index contributed by atoms with van der Waals surface area (Å²) in [6.07, 6.45) is 0. The van der Waals surface area contributed by atoms with E-state index in [2.05, 4.69) is 15.5 Å². The number of benzene rings is 1. The van der Waals surface area contributed by atoms with Crippen molar-refractivity contribution < 1.29 is 9.53 Å². The van der Waals surface area contributed by atoms with Crippen molar-refractivity contribution in [1.82, 2.24) is 25.1 Å². The Hall–Kier alpha value is -2.28. The van der Waals surface area contributed by atoms with Gasteiger partial charge >= 0.3 is 5.97 Å². The fourth-order valence-corrected chi connectivity index (χ4v) is 1.94. The first-order valence-electron chi connectivity index (χ1n) is 6.82. The summed E-state index contributed by atoms with van der Waals surface area (Å²) in [6.45, 7) is 3.48. The van der Waals surface area contributed by atoms with E-state index in [1.807, 2.05) is 42.3 Å². The summed E-state index contributed by atoms with van der Waals surface area (Å²) in [7, 11) is 1.83. The minimum absolute atomic E-state index is 0.214. The molecule has 0 saturated heterocycles. The van der Waals surface area contributed by atoms with Gasteiger partial charge in [-0.2, -0.15) is 0 Å². The van der Waals surface area contributed by atoms with Gasteiger partial charge in [0.1, 0.15) is 0 Å². The molecule has 2 aromatic rings. The highest BCUT2D eigenvalue weighted by Gasteiger charge is 2.12. The molecular formula is C14H19N5O2. The Bertz CT molecular complexity index is 570. The Morgan fingerprint density at radius 2 is 2.10 bits per heavy atom. The molecule has 1 heterocycles. The Morgan fingerprint density at radius 1 is 1.33 bits per heavy atom. The molecule has 0 amide bonds. The average Bonchev–Trinajstić information content (AvgIpc) is 2.87. The van der Waals surface area contributed by atoms with E-state index in [0.29, 0.717) is 25.5 Å². The molecule has 0 aliphatic rings. The van der Waals surface area contributed by atoms with Gasteiger partial charge in [-0.1, -0.05) is 30.3 Å². The molecule has 1 aromatic heterocycles. The van der Waals surface area contributed by atoms with E-state index < -0.39 is 0 Å². The summed E-state index contributed by atoms with van der Waals surface area (Å²) in [5, 5.41) is 11.7. The van der Waals surface area contributed by atoms with Gasteiger partial charge in [-0.15, -0.1) is 5.10 Å². The Balaban J connectivity index is 1.95. The van der Waals surface area contributed by atoms with Crippen LogP contribution < -0.4 is 0 Å². The lowest BCUT2D eigenvalue weighted by Gasteiger charge is -2.14. The van der Waals surface area contributed by atoms with Crippen molar-refractivity contribution in [2.45, 2.75) is 20.0 Å². The Kier molecular flexibility index (Phi) is 5.39. The summed E-state index contributed by atoms with van der Waals surface area (Å²) in [4.78, 5) is 13.3. The molecular weight excluding hydrogens is 270 g/mol. The first-order valence-corrected chi connectivity index (χ1v) is 6.82. The maximum absolute atomic E-state index is 11.4. The van der Waals surface area contributed by atoms with E-state index in [0.717, 1.165) is 5.56 Å². The molecule has 0 fully saturated rings. The number of hydrogen-bond donors (Lipinski definition) is 0. The number of likely N-dealkylation sites (N-methyl/N-ethyl adjacent to an activating group) is 1. The van der Waals surface area contributed by atoms with E-state index in [4.69, 9.17) is 4.74 Å². The molecule has 112 valence electrons. The summed E-state index contributed by atoms with van der Waals surface area (Å²) in [5.74, 6) is 0.465. The Morgan fingerprint density at radius 3 is 2.81 bits per heavy atom. The molecule has 0 bridgehead atoms. The number of aromatic nitrogens is 4. The van der Waals surface area contributed by atoms with Crippen LogP contribution in [0.15, 0.2) is 30.3 Å². The standard InChI is InChI=1S/C14H19N5O2/c1-3-21-14(20)11-18(2)10-13-15-16-17-19(13)9-12-7-5-4-6-8-12/h4-8H,3,9-11H2,1-2H3. The predicted octanol–water partition coefficient (Wildman–Crippen LogP) is 0.716. The van der Waals surface area contributed by atoms with Gasteiger partial charge in [-0.25, -0.2) is 4.68 Å². The molecule has 0 atom stereocenters. The zero-order valence-electron chi connectivity index (χ0n) is 12.3. The summed E-state index contributed by atoms with van der Waals surface area (Å²) < 4.78 is 6.65. The van der Waals surface area contributed by atoms with Crippen LogP contribution in [0.3, 0.4) is 0 Å². The molecule has 0 aliphatic carbocycles. The average molecular weight is 289 g/mol. The van der Waals surface area contributed by atoms with Crippen molar-refractivity contribution in [3.63, 3.8) is 0 Å². The first-order chi connectivity index (χ1) is 10.2. The number of nitrogens with zero attached hydrogens (tertiary/aromatic N) is 5. The van der Waals surface area contributed by atoms with Gasteiger partial charge in [0, 0.05) is 0 Å². The monoisotopic (exact) mass is 289 g/mol. The smallest absolute Gasteiger partial charge is 0.320 e. The number of esters is 1. The van der Waals surface area contributed by atoms with Crippen LogP contribution in [-0.2, 0) is 22.6 Å². The topological polar surface area (TPSA) is 73.1 Å². The fraction of sp³-hybridized carbons (Fsp3) is 0.429. The predicted molar refractivity (Wildman–Crippen MR) is 76.3 cm³/mol. The number of tetrazole rings is 1. The maximum atomic E-state index is 11.4. The highest BCUT2D eigenvalue weighted by Crippen LogP contribution is 2.04. The third-order valence-corrected chi connectivity index (χ3v) is 2.90. The largest absolute Gasteiger partial charge is 0.465 e. The molecule has 0 radical (unpaired) electrons. The van der Waals surface area contributed by atoms with Gasteiger partial charge < -0.3 is 4.74 Å². The van der Waals surface area contributed by atoms with Gasteiger partial charge in [0.15, 0.2) is 5.82 Å². The SMILES string of the molecule is CCOC(=O)CN(C)Cc1nnnn1Cc1ccccc1. The molecule has 0 spiro atoms. The van der Waals surface area contributed by atoms with Crippen molar-refractivity contribution in [1.29, 1.82) is 0 Å². The molecule has 7 heteroatoms. The molecule has 0 saturated carbocycles. The molecule has 0 N–H and O–H groups in total. The third kappa shape index (κ3) is 4.64. The second kappa shape index (κ2) is 7.49. The lowest BCUT2D eigenvalue weighted by atomic mass is 10.2. The number of ether oxygens (including phenoxy) is 1. The van der Waals surface area contributed by atoms with Crippen LogP contribution in [0, 0.1) is 0 Å². The highest BCUT2D eigenvalue weighted by molar-refractivity contribution is 5.71. The van der Waals surface area contributed by atoms with Gasteiger partial charge in [-0.3, -0.25) is 9.69 Å². The normalized spacial score (nSPS) is 10.8. The number of rotatable bonds is 7. The van der Waals surface area contributed by atoms with Crippen molar-refractivity contribution in [3.8, 4) is 0 Å². The minimum Gasteiger partial charge on any atom is -0.465 e. The lowest BCUT2D eigenvalue weighted by Crippen LogP contribution is -2.28. The first kappa shape index (κ1) is 15.1. The van der Waals surface area contributed by atoms with E-state index in [-0.39, 0.29) is 12.5 Å². The summed E-state index contributed by atoms with van der Waals surface area (Å²) >= 11 is 0. The van der Waals surface area contributed by atoms with Gasteiger partial charge in [0.05, 0.1) is 26.2 Å². The summed E-state index contributed by atoms with van der Waals surface area (Å²) in [5.41, 5.74) is 1.12. The lowest BCUT2D eigenvalue weighted by molar-refractivity contribution is -0.144. The van der Waals surface area contributed by atoms with E-state index in [9.17, 15) is 4.79 Å². The number of hydrogen-bond acceptors (Lipinski definition) is 6. The van der Waals surface area contributed by atoms with Crippen LogP contribution in [0.4, 0.5) is 0 Å². The van der Waals surface area contributed by atoms with Crippen molar-refractivity contribution in [2.24, 2.45) is 0 Å². The summed E-state index contributed by atoms with van der Waals surface area (Å²) in [6, 6.07) is 9.97. The molecule has 21 heavy (non-hydrogen) atoms. The van der Waals surface area contributed by atoms with Crippen LogP contribution in [0.2, 0.25) is 0 Å².